The van der Waals surface area contributed by atoms with Gasteiger partial charge in [-0.15, -0.1) is 0 Å². The highest BCUT2D eigenvalue weighted by Crippen LogP contribution is 2.30. The summed E-state index contributed by atoms with van der Waals surface area (Å²) in [5, 5.41) is 4.06. The minimum absolute atomic E-state index is 0.293. The number of esters is 1. The van der Waals surface area contributed by atoms with E-state index >= 15 is 0 Å². The predicted molar refractivity (Wildman–Crippen MR) is 78.7 cm³/mol. The zero-order valence-electron chi connectivity index (χ0n) is 12.0. The molecule has 1 atom stereocenters. The molecule has 0 bridgehead atoms. The van der Waals surface area contributed by atoms with E-state index in [9.17, 15) is 18.0 Å². The van der Waals surface area contributed by atoms with Crippen LogP contribution >= 0.6 is 0 Å². The summed E-state index contributed by atoms with van der Waals surface area (Å²) >= 11 is 0. The Labute approximate surface area is 126 Å². The van der Waals surface area contributed by atoms with Gasteiger partial charge in [-0.05, 0) is 17.9 Å². The van der Waals surface area contributed by atoms with E-state index in [4.69, 9.17) is 0 Å². The quantitative estimate of drug-likeness (QED) is 0.844. The van der Waals surface area contributed by atoms with Crippen LogP contribution in [0.3, 0.4) is 0 Å². The number of halogens is 3. The molecule has 0 spiro atoms. The molecule has 3 nitrogen and oxygen atoms in total. The Morgan fingerprint density at radius 1 is 1.18 bits per heavy atom. The van der Waals surface area contributed by atoms with Crippen LogP contribution in [0, 0.1) is 0 Å². The highest BCUT2D eigenvalue weighted by Gasteiger charge is 2.39. The monoisotopic (exact) mass is 311 g/mol. The number of carbonyl (C=O) groups excluding carboxylic acids is 1. The number of methoxy groups -OCH3 is 1. The molecule has 0 unspecified atom stereocenters. The first-order chi connectivity index (χ1) is 10.4. The van der Waals surface area contributed by atoms with Gasteiger partial charge in [0.2, 0.25) is 0 Å². The Bertz CT molecular complexity index is 650. The van der Waals surface area contributed by atoms with Crippen molar-refractivity contribution in [3.05, 3.63) is 42.5 Å². The van der Waals surface area contributed by atoms with E-state index in [-0.39, 0.29) is 12.8 Å². The number of hydrogen-bond donors (Lipinski definition) is 1. The number of nitrogens with one attached hydrogen (secondary N) is 1. The zero-order chi connectivity index (χ0) is 16.2. The van der Waals surface area contributed by atoms with Crippen molar-refractivity contribution in [2.45, 2.75) is 25.1 Å². The standard InChI is InChI=1S/C16H16F3NO2/c1-22-15(21)10-9-14(16(17,18)19)20-13-8-4-6-11-5-2-3-7-12(11)13/h2-8,14,20H,9-10H2,1H3/t14-/m0/s1. The van der Waals surface area contributed by atoms with Gasteiger partial charge in [0.15, 0.2) is 0 Å². The van der Waals surface area contributed by atoms with E-state index in [2.05, 4.69) is 10.1 Å². The Balaban J connectivity index is 2.23. The fourth-order valence-electron chi connectivity index (χ4n) is 2.22. The first-order valence-corrected chi connectivity index (χ1v) is 6.79. The normalized spacial score (nSPS) is 12.9. The maximum atomic E-state index is 13.1. The highest BCUT2D eigenvalue weighted by atomic mass is 19.4. The number of ether oxygens (including phenoxy) is 1. The molecular weight excluding hydrogens is 295 g/mol. The smallest absolute Gasteiger partial charge is 0.408 e. The van der Waals surface area contributed by atoms with Crippen LogP contribution in [-0.2, 0) is 9.53 Å². The number of hydrogen-bond acceptors (Lipinski definition) is 3. The molecule has 0 saturated heterocycles. The summed E-state index contributed by atoms with van der Waals surface area (Å²) in [5.74, 6) is -0.658. The Morgan fingerprint density at radius 3 is 2.55 bits per heavy atom. The van der Waals surface area contributed by atoms with Crippen molar-refractivity contribution in [1.29, 1.82) is 0 Å². The SMILES string of the molecule is COC(=O)CC[C@H](Nc1cccc2ccccc12)C(F)(F)F. The number of benzene rings is 2. The van der Waals surface area contributed by atoms with Gasteiger partial charge < -0.3 is 10.1 Å². The lowest BCUT2D eigenvalue weighted by Crippen LogP contribution is -2.36. The topological polar surface area (TPSA) is 38.3 Å². The van der Waals surface area contributed by atoms with Crippen molar-refractivity contribution in [3.63, 3.8) is 0 Å². The van der Waals surface area contributed by atoms with Crippen LogP contribution in [0.5, 0.6) is 0 Å². The van der Waals surface area contributed by atoms with Crippen LogP contribution in [0.15, 0.2) is 42.5 Å². The molecule has 2 rings (SSSR count). The first-order valence-electron chi connectivity index (χ1n) is 6.79. The lowest BCUT2D eigenvalue weighted by molar-refractivity contribution is -0.149. The van der Waals surface area contributed by atoms with Gasteiger partial charge in [0.1, 0.15) is 6.04 Å². The summed E-state index contributed by atoms with van der Waals surface area (Å²) in [7, 11) is 1.16. The molecule has 0 saturated carbocycles. The molecule has 0 heterocycles. The van der Waals surface area contributed by atoms with Crippen molar-refractivity contribution in [2.24, 2.45) is 0 Å². The molecule has 0 fully saturated rings. The minimum Gasteiger partial charge on any atom is -0.469 e. The van der Waals surface area contributed by atoms with Crippen molar-refractivity contribution in [1.82, 2.24) is 0 Å². The number of anilines is 1. The van der Waals surface area contributed by atoms with E-state index < -0.39 is 18.2 Å². The third-order valence-corrected chi connectivity index (χ3v) is 3.38. The fourth-order valence-corrected chi connectivity index (χ4v) is 2.22. The Kier molecular flexibility index (Phi) is 4.90. The summed E-state index contributed by atoms with van der Waals surface area (Å²) in [5.41, 5.74) is 0.394. The molecule has 6 heteroatoms. The summed E-state index contributed by atoms with van der Waals surface area (Å²) < 4.78 is 43.8. The molecule has 1 N–H and O–H groups in total. The van der Waals surface area contributed by atoms with Crippen molar-refractivity contribution in [3.8, 4) is 0 Å². The van der Waals surface area contributed by atoms with Crippen molar-refractivity contribution < 1.29 is 22.7 Å². The van der Waals surface area contributed by atoms with Gasteiger partial charge in [-0.2, -0.15) is 13.2 Å². The minimum atomic E-state index is -4.45. The largest absolute Gasteiger partial charge is 0.469 e. The van der Waals surface area contributed by atoms with E-state index in [0.29, 0.717) is 11.1 Å². The molecular formula is C16H16F3NO2. The van der Waals surface area contributed by atoms with Crippen LogP contribution < -0.4 is 5.32 Å². The van der Waals surface area contributed by atoms with E-state index in [0.717, 1.165) is 12.5 Å². The molecule has 0 aliphatic rings. The van der Waals surface area contributed by atoms with Gasteiger partial charge in [-0.1, -0.05) is 36.4 Å². The third-order valence-electron chi connectivity index (χ3n) is 3.38. The molecule has 118 valence electrons. The van der Waals surface area contributed by atoms with E-state index in [1.54, 1.807) is 24.3 Å². The van der Waals surface area contributed by atoms with E-state index in [1.807, 2.05) is 18.2 Å². The first kappa shape index (κ1) is 16.1. The summed E-state index contributed by atoms with van der Waals surface area (Å²) in [4.78, 5) is 11.1. The van der Waals surface area contributed by atoms with Crippen LogP contribution in [0.2, 0.25) is 0 Å². The number of carbonyl (C=O) groups is 1. The van der Waals surface area contributed by atoms with Crippen molar-refractivity contribution in [2.75, 3.05) is 12.4 Å². The maximum absolute atomic E-state index is 13.1. The Morgan fingerprint density at radius 2 is 1.86 bits per heavy atom. The van der Waals surface area contributed by atoms with Crippen LogP contribution in [0.1, 0.15) is 12.8 Å². The highest BCUT2D eigenvalue weighted by molar-refractivity contribution is 5.93. The van der Waals surface area contributed by atoms with E-state index in [1.165, 1.54) is 0 Å². The third kappa shape index (κ3) is 3.90. The second kappa shape index (κ2) is 6.68. The molecule has 0 aliphatic carbocycles. The molecule has 0 amide bonds. The number of alkyl halides is 3. The molecule has 2 aromatic carbocycles. The average molecular weight is 311 g/mol. The number of rotatable bonds is 5. The molecule has 0 aliphatic heterocycles. The predicted octanol–water partition coefficient (Wildman–Crippen LogP) is 4.14. The van der Waals surface area contributed by atoms with Gasteiger partial charge >= 0.3 is 12.1 Å². The van der Waals surface area contributed by atoms with Crippen molar-refractivity contribution >= 4 is 22.4 Å². The summed E-state index contributed by atoms with van der Waals surface area (Å²) in [6.45, 7) is 0. The Hall–Kier alpha value is -2.24. The second-order valence-electron chi connectivity index (χ2n) is 4.88. The van der Waals surface area contributed by atoms with Gasteiger partial charge in [-0.3, -0.25) is 4.79 Å². The molecule has 2 aromatic rings. The van der Waals surface area contributed by atoms with Gasteiger partial charge in [-0.25, -0.2) is 0 Å². The van der Waals surface area contributed by atoms with Crippen LogP contribution in [0.4, 0.5) is 18.9 Å². The zero-order valence-corrected chi connectivity index (χ0v) is 12.0. The van der Waals surface area contributed by atoms with Crippen LogP contribution in [0.25, 0.3) is 10.8 Å². The van der Waals surface area contributed by atoms with Gasteiger partial charge in [0.25, 0.3) is 0 Å². The fraction of sp³-hybridized carbons (Fsp3) is 0.312. The van der Waals surface area contributed by atoms with Crippen LogP contribution in [-0.4, -0.2) is 25.3 Å². The summed E-state index contributed by atoms with van der Waals surface area (Å²) in [6, 6.07) is 10.5. The number of fused-ring (bicyclic) bond motifs is 1. The van der Waals surface area contributed by atoms with Gasteiger partial charge in [0.05, 0.1) is 7.11 Å². The average Bonchev–Trinajstić information content (AvgIpc) is 2.50. The maximum Gasteiger partial charge on any atom is 0.408 e. The van der Waals surface area contributed by atoms with Gasteiger partial charge in [0, 0.05) is 17.5 Å². The molecule has 22 heavy (non-hydrogen) atoms. The lowest BCUT2D eigenvalue weighted by Gasteiger charge is -2.23. The summed E-state index contributed by atoms with van der Waals surface area (Å²) in [6.07, 6.45) is -5.12. The second-order valence-corrected chi connectivity index (χ2v) is 4.88. The molecule has 0 radical (unpaired) electrons. The molecule has 0 aromatic heterocycles. The lowest BCUT2D eigenvalue weighted by atomic mass is 10.1.